The molecule has 2 aromatic heterocycles. The number of hydrogen-bond acceptors (Lipinski definition) is 5. The number of carbonyl (C=O) groups excluding carboxylic acids is 2. The summed E-state index contributed by atoms with van der Waals surface area (Å²) < 4.78 is 18.6. The highest BCUT2D eigenvalue weighted by Crippen LogP contribution is 2.35. The van der Waals surface area contributed by atoms with Crippen LogP contribution in [0.5, 0.6) is 0 Å². The van der Waals surface area contributed by atoms with Crippen molar-refractivity contribution in [3.05, 3.63) is 83.9 Å². The molecule has 5 rings (SSSR count). The van der Waals surface area contributed by atoms with Gasteiger partial charge in [0.25, 0.3) is 0 Å². The molecule has 0 atom stereocenters. The first-order valence-corrected chi connectivity index (χ1v) is 12.2. The highest BCUT2D eigenvalue weighted by atomic mass is 19.1. The van der Waals surface area contributed by atoms with Gasteiger partial charge in [0.1, 0.15) is 18.9 Å². The van der Waals surface area contributed by atoms with E-state index in [9.17, 15) is 14.4 Å². The van der Waals surface area contributed by atoms with Crippen molar-refractivity contribution in [2.24, 2.45) is 7.05 Å². The van der Waals surface area contributed by atoms with E-state index in [-0.39, 0.29) is 13.1 Å². The SMILES string of the molecule is Cn1ncc2cc(F)c(-c3cccc4c3c(Cc3ccccc3)nn4CC(=O)NCC(=O)NCC(=O)O)cc21. The lowest BCUT2D eigenvalue weighted by molar-refractivity contribution is -0.137. The number of fused-ring (bicyclic) bond motifs is 2. The molecule has 11 heteroatoms. The van der Waals surface area contributed by atoms with Gasteiger partial charge < -0.3 is 15.7 Å². The number of halogens is 1. The van der Waals surface area contributed by atoms with Gasteiger partial charge in [-0.3, -0.25) is 23.7 Å². The van der Waals surface area contributed by atoms with E-state index in [1.54, 1.807) is 30.1 Å². The Bertz CT molecular complexity index is 1710. The molecule has 198 valence electrons. The van der Waals surface area contributed by atoms with E-state index < -0.39 is 30.1 Å². The van der Waals surface area contributed by atoms with Gasteiger partial charge in [-0.15, -0.1) is 0 Å². The van der Waals surface area contributed by atoms with Crippen LogP contribution in [0.15, 0.2) is 66.9 Å². The largest absolute Gasteiger partial charge is 0.480 e. The van der Waals surface area contributed by atoms with Crippen LogP contribution in [0.25, 0.3) is 32.9 Å². The molecule has 0 bridgehead atoms. The summed E-state index contributed by atoms with van der Waals surface area (Å²) >= 11 is 0. The van der Waals surface area contributed by atoms with Gasteiger partial charge in [0.2, 0.25) is 11.8 Å². The number of carboxylic acids is 1. The van der Waals surface area contributed by atoms with Crippen LogP contribution in [0.3, 0.4) is 0 Å². The number of nitrogens with one attached hydrogen (secondary N) is 2. The fraction of sp³-hybridized carbons (Fsp3) is 0.179. The van der Waals surface area contributed by atoms with Crippen molar-refractivity contribution in [3.63, 3.8) is 0 Å². The molecule has 0 unspecified atom stereocenters. The first-order valence-electron chi connectivity index (χ1n) is 12.2. The minimum Gasteiger partial charge on any atom is -0.480 e. The molecule has 0 fully saturated rings. The van der Waals surface area contributed by atoms with Crippen LogP contribution in [0, 0.1) is 5.82 Å². The zero-order valence-corrected chi connectivity index (χ0v) is 21.0. The van der Waals surface area contributed by atoms with Crippen LogP contribution < -0.4 is 10.6 Å². The Morgan fingerprint density at radius 1 is 0.923 bits per heavy atom. The van der Waals surface area contributed by atoms with Crippen molar-refractivity contribution in [1.82, 2.24) is 30.2 Å². The Balaban J connectivity index is 1.53. The van der Waals surface area contributed by atoms with Gasteiger partial charge >= 0.3 is 5.97 Å². The first-order chi connectivity index (χ1) is 18.8. The minimum atomic E-state index is -1.18. The fourth-order valence-corrected chi connectivity index (χ4v) is 4.55. The van der Waals surface area contributed by atoms with Crippen molar-refractivity contribution in [3.8, 4) is 11.1 Å². The number of hydrogen-bond donors (Lipinski definition) is 3. The van der Waals surface area contributed by atoms with Gasteiger partial charge in [-0.25, -0.2) is 4.39 Å². The summed E-state index contributed by atoms with van der Waals surface area (Å²) in [6.45, 7) is -1.10. The predicted octanol–water partition coefficient (Wildman–Crippen LogP) is 2.64. The molecule has 0 saturated heterocycles. The molecule has 0 saturated carbocycles. The molecular formula is C28H25FN6O4. The summed E-state index contributed by atoms with van der Waals surface area (Å²) in [5, 5.41) is 23.7. The maximum atomic E-state index is 15.4. The predicted molar refractivity (Wildman–Crippen MR) is 142 cm³/mol. The maximum absolute atomic E-state index is 15.4. The Kier molecular flexibility index (Phi) is 7.04. The summed E-state index contributed by atoms with van der Waals surface area (Å²) in [4.78, 5) is 35.1. The summed E-state index contributed by atoms with van der Waals surface area (Å²) in [7, 11) is 1.80. The van der Waals surface area contributed by atoms with E-state index in [1.165, 1.54) is 10.7 Å². The number of aryl methyl sites for hydroxylation is 1. The molecule has 0 spiro atoms. The van der Waals surface area contributed by atoms with E-state index in [0.29, 0.717) is 39.5 Å². The molecule has 0 aliphatic heterocycles. The van der Waals surface area contributed by atoms with Gasteiger partial charge in [0.05, 0.1) is 29.5 Å². The summed E-state index contributed by atoms with van der Waals surface area (Å²) in [5.74, 6) is -2.68. The third kappa shape index (κ3) is 5.47. The maximum Gasteiger partial charge on any atom is 0.322 e. The molecule has 0 radical (unpaired) electrons. The number of nitrogens with zero attached hydrogens (tertiary/aromatic N) is 4. The van der Waals surface area contributed by atoms with Gasteiger partial charge in [-0.1, -0.05) is 42.5 Å². The average Bonchev–Trinajstić information content (AvgIpc) is 3.45. The zero-order chi connectivity index (χ0) is 27.5. The van der Waals surface area contributed by atoms with Crippen molar-refractivity contribution in [2.45, 2.75) is 13.0 Å². The number of carboxylic acid groups (broad SMARTS) is 1. The lowest BCUT2D eigenvalue weighted by Crippen LogP contribution is -2.40. The standard InChI is InChI=1S/C28H25FN6O4/c1-34-24-12-20(21(29)11-18(24)13-32-34)19-8-5-9-23-28(19)22(10-17-6-3-2-4-7-17)33-35(23)16-26(37)30-14-25(36)31-15-27(38)39/h2-9,11-13H,10,14-16H2,1H3,(H,30,37)(H,31,36)(H,38,39). The number of benzene rings is 3. The van der Waals surface area contributed by atoms with E-state index in [1.807, 2.05) is 42.5 Å². The van der Waals surface area contributed by atoms with Crippen LogP contribution in [0.1, 0.15) is 11.3 Å². The van der Waals surface area contributed by atoms with Crippen LogP contribution >= 0.6 is 0 Å². The average molecular weight is 529 g/mol. The topological polar surface area (TPSA) is 131 Å². The normalized spacial score (nSPS) is 11.1. The highest BCUT2D eigenvalue weighted by molar-refractivity contribution is 5.99. The Labute approximate surface area is 222 Å². The molecule has 2 heterocycles. The second-order valence-electron chi connectivity index (χ2n) is 9.07. The van der Waals surface area contributed by atoms with E-state index in [4.69, 9.17) is 10.2 Å². The van der Waals surface area contributed by atoms with Crippen LogP contribution in [-0.2, 0) is 34.4 Å². The van der Waals surface area contributed by atoms with Crippen molar-refractivity contribution in [2.75, 3.05) is 13.1 Å². The lowest BCUT2D eigenvalue weighted by Gasteiger charge is -2.09. The van der Waals surface area contributed by atoms with Crippen LogP contribution in [0.2, 0.25) is 0 Å². The zero-order valence-electron chi connectivity index (χ0n) is 21.0. The van der Waals surface area contributed by atoms with Crippen molar-refractivity contribution >= 4 is 39.6 Å². The molecule has 0 aliphatic rings. The molecule has 0 aliphatic carbocycles. The second kappa shape index (κ2) is 10.7. The van der Waals surface area contributed by atoms with E-state index in [0.717, 1.165) is 11.1 Å². The Morgan fingerprint density at radius 2 is 1.69 bits per heavy atom. The fourth-order valence-electron chi connectivity index (χ4n) is 4.55. The third-order valence-corrected chi connectivity index (χ3v) is 6.37. The van der Waals surface area contributed by atoms with Gasteiger partial charge in [0.15, 0.2) is 0 Å². The number of aliphatic carboxylic acids is 1. The smallest absolute Gasteiger partial charge is 0.322 e. The Hall–Kier alpha value is -5.06. The number of carbonyl (C=O) groups is 3. The number of rotatable bonds is 9. The van der Waals surface area contributed by atoms with Crippen molar-refractivity contribution in [1.29, 1.82) is 0 Å². The van der Waals surface area contributed by atoms with Gasteiger partial charge in [-0.2, -0.15) is 10.2 Å². The third-order valence-electron chi connectivity index (χ3n) is 6.37. The first kappa shape index (κ1) is 25.6. The molecular weight excluding hydrogens is 503 g/mol. The summed E-state index contributed by atoms with van der Waals surface area (Å²) in [6, 6.07) is 18.4. The highest BCUT2D eigenvalue weighted by Gasteiger charge is 2.20. The molecule has 3 aromatic carbocycles. The number of aromatic nitrogens is 4. The second-order valence-corrected chi connectivity index (χ2v) is 9.07. The molecule has 2 amide bonds. The molecule has 5 aromatic rings. The summed E-state index contributed by atoms with van der Waals surface area (Å²) in [5.41, 5.74) is 4.11. The van der Waals surface area contributed by atoms with Crippen molar-refractivity contribution < 1.29 is 23.9 Å². The monoisotopic (exact) mass is 528 g/mol. The molecule has 39 heavy (non-hydrogen) atoms. The van der Waals surface area contributed by atoms with Gasteiger partial charge in [0, 0.05) is 29.8 Å². The Morgan fingerprint density at radius 3 is 2.46 bits per heavy atom. The molecule has 3 N–H and O–H groups in total. The van der Waals surface area contributed by atoms with Gasteiger partial charge in [-0.05, 0) is 29.3 Å². The quantitative estimate of drug-likeness (QED) is 0.270. The van der Waals surface area contributed by atoms with Crippen LogP contribution in [0.4, 0.5) is 4.39 Å². The minimum absolute atomic E-state index is 0.190. The molecule has 10 nitrogen and oxygen atoms in total. The van der Waals surface area contributed by atoms with E-state index in [2.05, 4.69) is 15.7 Å². The summed E-state index contributed by atoms with van der Waals surface area (Å²) in [6.07, 6.45) is 2.07. The number of amides is 2. The lowest BCUT2D eigenvalue weighted by atomic mass is 9.96. The van der Waals surface area contributed by atoms with Crippen LogP contribution in [-0.4, -0.2) is 55.5 Å². The van der Waals surface area contributed by atoms with E-state index >= 15 is 4.39 Å².